The molecule has 1 N–H and O–H groups in total. The number of aromatic nitrogens is 1. The third-order valence-corrected chi connectivity index (χ3v) is 6.33. The summed E-state index contributed by atoms with van der Waals surface area (Å²) >= 11 is 2.87. The van der Waals surface area contributed by atoms with Crippen LogP contribution in [0.25, 0.3) is 10.2 Å². The van der Waals surface area contributed by atoms with Crippen molar-refractivity contribution >= 4 is 49.8 Å². The molecule has 128 valence electrons. The van der Waals surface area contributed by atoms with E-state index in [0.29, 0.717) is 11.6 Å². The van der Waals surface area contributed by atoms with Gasteiger partial charge in [-0.15, -0.1) is 11.3 Å². The Hall–Kier alpha value is -1.67. The maximum atomic E-state index is 11.3. The number of hydrogen-bond donors (Lipinski definition) is 1. The van der Waals surface area contributed by atoms with Gasteiger partial charge in [0.15, 0.2) is 5.12 Å². The molecular weight excluding hydrogens is 346 g/mol. The number of nitrogens with one attached hydrogen (secondary N) is 1. The lowest BCUT2D eigenvalue weighted by Crippen LogP contribution is -2.27. The van der Waals surface area contributed by atoms with Crippen LogP contribution in [0.3, 0.4) is 0 Å². The molecular formula is C16H19N3O3S2. The zero-order valence-corrected chi connectivity index (χ0v) is 15.0. The first-order valence-electron chi connectivity index (χ1n) is 7.95. The van der Waals surface area contributed by atoms with E-state index in [4.69, 9.17) is 0 Å². The Kier molecular flexibility index (Phi) is 5.35. The minimum absolute atomic E-state index is 0.0409. The summed E-state index contributed by atoms with van der Waals surface area (Å²) in [4.78, 5) is 26.2. The summed E-state index contributed by atoms with van der Waals surface area (Å²) in [5.74, 6) is 1.44. The van der Waals surface area contributed by atoms with Crippen LogP contribution in [0.4, 0.5) is 11.4 Å². The van der Waals surface area contributed by atoms with E-state index in [1.165, 1.54) is 29.3 Å². The molecule has 6 nitrogen and oxygen atoms in total. The minimum atomic E-state index is -0.371. The second-order valence-electron chi connectivity index (χ2n) is 6.08. The number of pyridine rings is 1. The van der Waals surface area contributed by atoms with Gasteiger partial charge in [-0.05, 0) is 43.0 Å². The van der Waals surface area contributed by atoms with Gasteiger partial charge in [0, 0.05) is 18.7 Å². The summed E-state index contributed by atoms with van der Waals surface area (Å²) in [5, 5.41) is 16.8. The number of carbonyl (C=O) groups is 1. The average molecular weight is 365 g/mol. The number of anilines is 1. The van der Waals surface area contributed by atoms with Crippen molar-refractivity contribution in [3.05, 3.63) is 27.8 Å². The second kappa shape index (κ2) is 7.48. The quantitative estimate of drug-likeness (QED) is 0.622. The molecule has 0 atom stereocenters. The zero-order valence-electron chi connectivity index (χ0n) is 13.4. The lowest BCUT2D eigenvalue weighted by Gasteiger charge is -2.29. The lowest BCUT2D eigenvalue weighted by atomic mass is 9.87. The van der Waals surface area contributed by atoms with E-state index in [1.807, 2.05) is 11.4 Å². The van der Waals surface area contributed by atoms with E-state index >= 15 is 0 Å². The fraction of sp³-hybridized carbons (Fsp3) is 0.500. The molecule has 1 aliphatic rings. The van der Waals surface area contributed by atoms with E-state index < -0.39 is 0 Å². The molecule has 3 rings (SSSR count). The van der Waals surface area contributed by atoms with Gasteiger partial charge in [-0.25, -0.2) is 4.98 Å². The molecule has 1 saturated carbocycles. The Bertz CT molecular complexity index is 754. The van der Waals surface area contributed by atoms with Crippen molar-refractivity contribution in [2.24, 2.45) is 5.92 Å². The first-order valence-corrected chi connectivity index (χ1v) is 9.81. The van der Waals surface area contributed by atoms with Crippen LogP contribution in [-0.4, -0.2) is 26.8 Å². The Morgan fingerprint density at radius 2 is 2.21 bits per heavy atom. The fourth-order valence-electron chi connectivity index (χ4n) is 3.09. The molecule has 0 unspecified atom stereocenters. The number of carbonyl (C=O) groups excluding carboxylic acids is 1. The average Bonchev–Trinajstić information content (AvgIpc) is 3.03. The van der Waals surface area contributed by atoms with Gasteiger partial charge in [-0.2, -0.15) is 0 Å². The number of thiophene rings is 1. The lowest BCUT2D eigenvalue weighted by molar-refractivity contribution is -0.384. The van der Waals surface area contributed by atoms with Gasteiger partial charge in [-0.1, -0.05) is 11.8 Å². The number of fused-ring (bicyclic) bond motifs is 1. The van der Waals surface area contributed by atoms with E-state index in [0.717, 1.165) is 41.7 Å². The van der Waals surface area contributed by atoms with Crippen LogP contribution in [-0.2, 0) is 4.79 Å². The smallest absolute Gasteiger partial charge is 0.311 e. The Morgan fingerprint density at radius 3 is 2.88 bits per heavy atom. The zero-order chi connectivity index (χ0) is 17.1. The van der Waals surface area contributed by atoms with Gasteiger partial charge >= 0.3 is 5.69 Å². The summed E-state index contributed by atoms with van der Waals surface area (Å²) in [7, 11) is 0. The number of hydrogen-bond acceptors (Lipinski definition) is 7. The molecule has 0 saturated heterocycles. The van der Waals surface area contributed by atoms with Gasteiger partial charge in [0.1, 0.15) is 11.9 Å². The number of rotatable bonds is 5. The molecule has 2 aromatic heterocycles. The highest BCUT2D eigenvalue weighted by molar-refractivity contribution is 8.13. The van der Waals surface area contributed by atoms with Crippen LogP contribution < -0.4 is 5.32 Å². The number of nitrogens with zero attached hydrogens (tertiary/aromatic N) is 2. The van der Waals surface area contributed by atoms with Crippen molar-refractivity contribution in [1.82, 2.24) is 4.98 Å². The van der Waals surface area contributed by atoms with Gasteiger partial charge in [0.05, 0.1) is 15.1 Å². The van der Waals surface area contributed by atoms with E-state index in [1.54, 1.807) is 6.92 Å². The van der Waals surface area contributed by atoms with Crippen LogP contribution >= 0.6 is 23.1 Å². The summed E-state index contributed by atoms with van der Waals surface area (Å²) in [6, 6.07) is 2.11. The van der Waals surface area contributed by atoms with Crippen LogP contribution in [0, 0.1) is 16.0 Å². The number of nitro groups is 1. The van der Waals surface area contributed by atoms with Crippen LogP contribution in [0.5, 0.6) is 0 Å². The molecule has 0 bridgehead atoms. The SMILES string of the molecule is CC(=O)SC[C@H]1CC[C@H](Nc2c([N+](=O)[O-])cnc3ccsc23)CC1. The van der Waals surface area contributed by atoms with Crippen LogP contribution in [0.1, 0.15) is 32.6 Å². The largest absolute Gasteiger partial charge is 0.375 e. The van der Waals surface area contributed by atoms with Crippen molar-refractivity contribution in [3.8, 4) is 0 Å². The van der Waals surface area contributed by atoms with Gasteiger partial charge in [-0.3, -0.25) is 14.9 Å². The molecule has 2 heterocycles. The van der Waals surface area contributed by atoms with E-state index in [9.17, 15) is 14.9 Å². The molecule has 8 heteroatoms. The fourth-order valence-corrected chi connectivity index (χ4v) is 4.75. The summed E-state index contributed by atoms with van der Waals surface area (Å²) in [5.41, 5.74) is 1.43. The Morgan fingerprint density at radius 1 is 1.46 bits per heavy atom. The molecule has 24 heavy (non-hydrogen) atoms. The maximum absolute atomic E-state index is 11.3. The second-order valence-corrected chi connectivity index (χ2v) is 8.19. The molecule has 2 aromatic rings. The van der Waals surface area contributed by atoms with Crippen molar-refractivity contribution < 1.29 is 9.72 Å². The van der Waals surface area contributed by atoms with Gasteiger partial charge in [0.25, 0.3) is 0 Å². The summed E-state index contributed by atoms with van der Waals surface area (Å²) in [6.07, 6.45) is 5.37. The van der Waals surface area contributed by atoms with Gasteiger partial charge < -0.3 is 5.32 Å². The molecule has 0 spiro atoms. The van der Waals surface area contributed by atoms with Crippen molar-refractivity contribution in [1.29, 1.82) is 0 Å². The summed E-state index contributed by atoms with van der Waals surface area (Å²) in [6.45, 7) is 1.60. The highest BCUT2D eigenvalue weighted by Gasteiger charge is 2.25. The summed E-state index contributed by atoms with van der Waals surface area (Å²) < 4.78 is 0.846. The Balaban J connectivity index is 1.70. The first-order chi connectivity index (χ1) is 11.5. The van der Waals surface area contributed by atoms with E-state index in [2.05, 4.69) is 10.3 Å². The monoisotopic (exact) mass is 365 g/mol. The van der Waals surface area contributed by atoms with Crippen LogP contribution in [0.15, 0.2) is 17.6 Å². The number of thioether (sulfide) groups is 1. The third kappa shape index (κ3) is 3.87. The van der Waals surface area contributed by atoms with Gasteiger partial charge in [0.2, 0.25) is 0 Å². The molecule has 1 aliphatic carbocycles. The predicted molar refractivity (Wildman–Crippen MR) is 98.8 cm³/mol. The first kappa shape index (κ1) is 17.2. The minimum Gasteiger partial charge on any atom is -0.375 e. The molecule has 0 radical (unpaired) electrons. The van der Waals surface area contributed by atoms with Crippen molar-refractivity contribution in [2.45, 2.75) is 38.6 Å². The van der Waals surface area contributed by atoms with E-state index in [-0.39, 0.29) is 21.8 Å². The molecule has 0 aromatic carbocycles. The van der Waals surface area contributed by atoms with Crippen LogP contribution in [0.2, 0.25) is 0 Å². The molecule has 0 aliphatic heterocycles. The highest BCUT2D eigenvalue weighted by atomic mass is 32.2. The maximum Gasteiger partial charge on any atom is 0.311 e. The van der Waals surface area contributed by atoms with Crippen molar-refractivity contribution in [2.75, 3.05) is 11.1 Å². The predicted octanol–water partition coefficient (Wildman–Crippen LogP) is 4.45. The van der Waals surface area contributed by atoms with Crippen molar-refractivity contribution in [3.63, 3.8) is 0 Å². The normalized spacial score (nSPS) is 20.9. The molecule has 0 amide bonds. The topological polar surface area (TPSA) is 85.1 Å². The third-order valence-electron chi connectivity index (χ3n) is 4.37. The Labute approximate surface area is 148 Å². The molecule has 1 fully saturated rings. The standard InChI is InChI=1S/C16H19N3O3S2/c1-10(20)24-9-11-2-4-12(5-3-11)18-15-14(19(21)22)8-17-13-6-7-23-16(13)15/h6-8,11-12H,2-5,9H2,1H3,(H,17,18)/t11-,12-. The highest BCUT2D eigenvalue weighted by Crippen LogP contribution is 2.37.